The minimum absolute atomic E-state index is 0.625. The van der Waals surface area contributed by atoms with Crippen LogP contribution in [0, 0.1) is 6.92 Å². The van der Waals surface area contributed by atoms with Gasteiger partial charge in [0.15, 0.2) is 5.82 Å². The van der Waals surface area contributed by atoms with E-state index < -0.39 is 0 Å². The molecule has 6 nitrogen and oxygen atoms in total. The number of aromatic nitrogens is 2. The number of methoxy groups -OCH3 is 2. The van der Waals surface area contributed by atoms with Crippen molar-refractivity contribution in [1.82, 2.24) is 9.78 Å². The quantitative estimate of drug-likeness (QED) is 0.882. The van der Waals surface area contributed by atoms with Gasteiger partial charge in [0.05, 0.1) is 31.3 Å². The van der Waals surface area contributed by atoms with E-state index in [0.29, 0.717) is 11.4 Å². The third-order valence-electron chi connectivity index (χ3n) is 2.93. The van der Waals surface area contributed by atoms with E-state index in [-0.39, 0.29) is 0 Å². The molecule has 1 heterocycles. The summed E-state index contributed by atoms with van der Waals surface area (Å²) >= 11 is 0. The van der Waals surface area contributed by atoms with E-state index in [2.05, 4.69) is 10.4 Å². The zero-order valence-electron chi connectivity index (χ0n) is 11.5. The number of nitrogens with two attached hydrogens (primary N) is 1. The average molecular weight is 262 g/mol. The van der Waals surface area contributed by atoms with Crippen LogP contribution in [-0.4, -0.2) is 24.0 Å². The highest BCUT2D eigenvalue weighted by atomic mass is 16.5. The number of rotatable bonds is 4. The summed E-state index contributed by atoms with van der Waals surface area (Å²) in [6, 6.07) is 5.53. The SMILES string of the molecule is COc1ccc(Nc2c(N)c(C)nn2C)c(OC)c1. The van der Waals surface area contributed by atoms with Crippen LogP contribution < -0.4 is 20.5 Å². The molecule has 102 valence electrons. The molecule has 0 atom stereocenters. The molecule has 0 unspecified atom stereocenters. The fraction of sp³-hybridized carbons (Fsp3) is 0.308. The molecule has 1 aromatic heterocycles. The van der Waals surface area contributed by atoms with Crippen LogP contribution in [0.1, 0.15) is 5.69 Å². The molecule has 0 aliphatic heterocycles. The Hall–Kier alpha value is -2.37. The lowest BCUT2D eigenvalue weighted by molar-refractivity contribution is 0.395. The molecule has 2 aromatic rings. The summed E-state index contributed by atoms with van der Waals surface area (Å²) in [6.07, 6.45) is 0. The Balaban J connectivity index is 2.37. The summed E-state index contributed by atoms with van der Waals surface area (Å²) in [7, 11) is 5.06. The number of anilines is 3. The van der Waals surface area contributed by atoms with Crippen molar-refractivity contribution < 1.29 is 9.47 Å². The number of nitrogens with one attached hydrogen (secondary N) is 1. The lowest BCUT2D eigenvalue weighted by atomic mass is 10.2. The van der Waals surface area contributed by atoms with Gasteiger partial charge in [0.1, 0.15) is 11.5 Å². The van der Waals surface area contributed by atoms with Crippen LogP contribution in [0.15, 0.2) is 18.2 Å². The second-order valence-electron chi connectivity index (χ2n) is 4.16. The predicted molar refractivity (Wildman–Crippen MR) is 75.2 cm³/mol. The van der Waals surface area contributed by atoms with Gasteiger partial charge in [-0.15, -0.1) is 0 Å². The highest BCUT2D eigenvalue weighted by Gasteiger charge is 2.12. The Labute approximate surface area is 112 Å². The van der Waals surface area contributed by atoms with Gasteiger partial charge < -0.3 is 20.5 Å². The molecule has 6 heteroatoms. The molecular formula is C13H18N4O2. The number of aryl methyl sites for hydroxylation is 2. The molecular weight excluding hydrogens is 244 g/mol. The van der Waals surface area contributed by atoms with Crippen LogP contribution in [0.25, 0.3) is 0 Å². The molecule has 3 N–H and O–H groups in total. The number of hydrogen-bond donors (Lipinski definition) is 2. The van der Waals surface area contributed by atoms with E-state index in [4.69, 9.17) is 15.2 Å². The lowest BCUT2D eigenvalue weighted by Gasteiger charge is -2.13. The maximum Gasteiger partial charge on any atom is 0.152 e. The van der Waals surface area contributed by atoms with Gasteiger partial charge in [-0.25, -0.2) is 0 Å². The first kappa shape index (κ1) is 13.1. The van der Waals surface area contributed by atoms with Crippen molar-refractivity contribution in [3.05, 3.63) is 23.9 Å². The van der Waals surface area contributed by atoms with E-state index in [1.807, 2.05) is 32.2 Å². The van der Waals surface area contributed by atoms with Crippen molar-refractivity contribution in [2.75, 3.05) is 25.3 Å². The topological polar surface area (TPSA) is 74.3 Å². The van der Waals surface area contributed by atoms with E-state index in [1.54, 1.807) is 18.9 Å². The van der Waals surface area contributed by atoms with E-state index >= 15 is 0 Å². The number of nitrogen functional groups attached to an aromatic ring is 1. The number of benzene rings is 1. The summed E-state index contributed by atoms with van der Waals surface area (Å²) in [5.74, 6) is 2.15. The van der Waals surface area contributed by atoms with Crippen molar-refractivity contribution in [3.63, 3.8) is 0 Å². The second kappa shape index (κ2) is 5.09. The van der Waals surface area contributed by atoms with Gasteiger partial charge in [0.2, 0.25) is 0 Å². The van der Waals surface area contributed by atoms with Gasteiger partial charge in [-0.05, 0) is 19.1 Å². The third-order valence-corrected chi connectivity index (χ3v) is 2.93. The van der Waals surface area contributed by atoms with Gasteiger partial charge in [-0.2, -0.15) is 5.10 Å². The van der Waals surface area contributed by atoms with Crippen molar-refractivity contribution in [3.8, 4) is 11.5 Å². The van der Waals surface area contributed by atoms with Crippen LogP contribution in [0.5, 0.6) is 11.5 Å². The maximum absolute atomic E-state index is 5.99. The first-order valence-corrected chi connectivity index (χ1v) is 5.85. The molecule has 19 heavy (non-hydrogen) atoms. The lowest BCUT2D eigenvalue weighted by Crippen LogP contribution is -2.02. The standard InChI is InChI=1S/C13H18N4O2/c1-8-12(14)13(17(2)16-8)15-10-6-5-9(18-3)7-11(10)19-4/h5-7,15H,14H2,1-4H3. The molecule has 0 amide bonds. The number of ether oxygens (including phenoxy) is 2. The summed E-state index contributed by atoms with van der Waals surface area (Å²) < 4.78 is 12.2. The van der Waals surface area contributed by atoms with Gasteiger partial charge in [-0.1, -0.05) is 0 Å². The van der Waals surface area contributed by atoms with Crippen molar-refractivity contribution >= 4 is 17.2 Å². The molecule has 2 rings (SSSR count). The van der Waals surface area contributed by atoms with Crippen molar-refractivity contribution in [2.45, 2.75) is 6.92 Å². The molecule has 0 aliphatic rings. The Morgan fingerprint density at radius 1 is 1.26 bits per heavy atom. The number of nitrogens with zero attached hydrogens (tertiary/aromatic N) is 2. The fourth-order valence-electron chi connectivity index (χ4n) is 1.85. The second-order valence-corrected chi connectivity index (χ2v) is 4.16. The minimum Gasteiger partial charge on any atom is -0.497 e. The highest BCUT2D eigenvalue weighted by Crippen LogP contribution is 2.33. The molecule has 0 aliphatic carbocycles. The molecule has 0 saturated carbocycles. The zero-order chi connectivity index (χ0) is 14.0. The van der Waals surface area contributed by atoms with Crippen LogP contribution in [-0.2, 0) is 7.05 Å². The largest absolute Gasteiger partial charge is 0.497 e. The van der Waals surface area contributed by atoms with Crippen molar-refractivity contribution in [2.24, 2.45) is 7.05 Å². The Kier molecular flexibility index (Phi) is 3.50. The monoisotopic (exact) mass is 262 g/mol. The third kappa shape index (κ3) is 2.42. The Morgan fingerprint density at radius 3 is 2.53 bits per heavy atom. The van der Waals surface area contributed by atoms with E-state index in [1.165, 1.54) is 0 Å². The average Bonchev–Trinajstić information content (AvgIpc) is 2.65. The molecule has 0 saturated heterocycles. The van der Waals surface area contributed by atoms with Gasteiger partial charge >= 0.3 is 0 Å². The summed E-state index contributed by atoms with van der Waals surface area (Å²) in [5.41, 5.74) is 8.21. The molecule has 0 radical (unpaired) electrons. The van der Waals surface area contributed by atoms with Crippen LogP contribution in [0.2, 0.25) is 0 Å². The van der Waals surface area contributed by atoms with Crippen molar-refractivity contribution in [1.29, 1.82) is 0 Å². The normalized spacial score (nSPS) is 10.3. The Bertz CT molecular complexity index is 593. The molecule has 0 spiro atoms. The maximum atomic E-state index is 5.99. The fourth-order valence-corrected chi connectivity index (χ4v) is 1.85. The van der Waals surface area contributed by atoms with Crippen LogP contribution >= 0.6 is 0 Å². The highest BCUT2D eigenvalue weighted by molar-refractivity contribution is 5.74. The predicted octanol–water partition coefficient (Wildman–Crippen LogP) is 2.07. The number of hydrogen-bond acceptors (Lipinski definition) is 5. The first-order valence-electron chi connectivity index (χ1n) is 5.85. The molecule has 1 aromatic carbocycles. The summed E-state index contributed by atoms with van der Waals surface area (Å²) in [4.78, 5) is 0. The molecule has 0 bridgehead atoms. The zero-order valence-corrected chi connectivity index (χ0v) is 11.5. The first-order chi connectivity index (χ1) is 9.06. The summed E-state index contributed by atoms with van der Waals surface area (Å²) in [6.45, 7) is 1.87. The van der Waals surface area contributed by atoms with Gasteiger partial charge in [0, 0.05) is 13.1 Å². The minimum atomic E-state index is 0.625. The Morgan fingerprint density at radius 2 is 2.00 bits per heavy atom. The molecule has 0 fully saturated rings. The summed E-state index contributed by atoms with van der Waals surface area (Å²) in [5, 5.41) is 7.49. The van der Waals surface area contributed by atoms with Gasteiger partial charge in [0.25, 0.3) is 0 Å². The van der Waals surface area contributed by atoms with Crippen LogP contribution in [0.4, 0.5) is 17.2 Å². The van der Waals surface area contributed by atoms with Gasteiger partial charge in [-0.3, -0.25) is 4.68 Å². The van der Waals surface area contributed by atoms with Crippen LogP contribution in [0.3, 0.4) is 0 Å². The van der Waals surface area contributed by atoms with E-state index in [9.17, 15) is 0 Å². The van der Waals surface area contributed by atoms with E-state index in [0.717, 1.165) is 22.9 Å². The smallest absolute Gasteiger partial charge is 0.152 e.